The van der Waals surface area contributed by atoms with E-state index in [-0.39, 0.29) is 25.7 Å². The van der Waals surface area contributed by atoms with E-state index in [9.17, 15) is 19.5 Å². The van der Waals surface area contributed by atoms with Crippen molar-refractivity contribution in [3.05, 3.63) is 48.6 Å². The molecule has 9 nitrogen and oxygen atoms in total. The summed E-state index contributed by atoms with van der Waals surface area (Å²) in [6.45, 7) is 3.45. The van der Waals surface area contributed by atoms with E-state index in [1.807, 2.05) is 0 Å². The molecule has 9 heteroatoms. The molecule has 180 valence electrons. The second-order valence-corrected chi connectivity index (χ2v) is 9.36. The SMILES string of the molecule is COc1ccc(N2CC=C[C@]34O[C@]5(C)C=CCOC(=O)[C@@H]5[C@H]3C(=O)N([C@H](C)CO)C4C2=O)cc1. The first-order valence-electron chi connectivity index (χ1n) is 11.4. The summed E-state index contributed by atoms with van der Waals surface area (Å²) in [5, 5.41) is 9.95. The van der Waals surface area contributed by atoms with Crippen LogP contribution in [0.15, 0.2) is 48.6 Å². The minimum absolute atomic E-state index is 0.0996. The number of amides is 2. The number of nitrogens with zero attached hydrogens (tertiary/aromatic N) is 2. The summed E-state index contributed by atoms with van der Waals surface area (Å²) in [4.78, 5) is 44.0. The smallest absolute Gasteiger partial charge is 0.313 e. The summed E-state index contributed by atoms with van der Waals surface area (Å²) in [5.74, 6) is -2.49. The van der Waals surface area contributed by atoms with Crippen LogP contribution in [0.4, 0.5) is 5.69 Å². The number of aliphatic hydroxyl groups is 1. The molecule has 6 atom stereocenters. The number of cyclic esters (lactones) is 1. The van der Waals surface area contributed by atoms with Crippen LogP contribution >= 0.6 is 0 Å². The second-order valence-electron chi connectivity index (χ2n) is 9.36. The number of esters is 1. The van der Waals surface area contributed by atoms with Crippen LogP contribution in [-0.2, 0) is 23.9 Å². The largest absolute Gasteiger partial charge is 0.497 e. The van der Waals surface area contributed by atoms with Gasteiger partial charge in [-0.1, -0.05) is 18.2 Å². The van der Waals surface area contributed by atoms with Crippen LogP contribution < -0.4 is 9.64 Å². The Kier molecular flexibility index (Phi) is 5.29. The first-order valence-corrected chi connectivity index (χ1v) is 11.4. The molecule has 1 aromatic carbocycles. The molecule has 0 bridgehead atoms. The van der Waals surface area contributed by atoms with Gasteiger partial charge in [-0.2, -0.15) is 0 Å². The van der Waals surface area contributed by atoms with E-state index in [0.29, 0.717) is 11.4 Å². The van der Waals surface area contributed by atoms with Crippen molar-refractivity contribution in [2.24, 2.45) is 11.8 Å². The summed E-state index contributed by atoms with van der Waals surface area (Å²) in [6.07, 6.45) is 7.02. The molecule has 0 aliphatic carbocycles. The van der Waals surface area contributed by atoms with Crippen LogP contribution in [0.25, 0.3) is 0 Å². The maximum absolute atomic E-state index is 14.1. The number of anilines is 1. The highest BCUT2D eigenvalue weighted by Gasteiger charge is 2.75. The molecule has 1 N–H and O–H groups in total. The minimum atomic E-state index is -1.38. The summed E-state index contributed by atoms with van der Waals surface area (Å²) in [5.41, 5.74) is -1.85. The zero-order valence-electron chi connectivity index (χ0n) is 19.3. The van der Waals surface area contributed by atoms with E-state index in [2.05, 4.69) is 0 Å². The normalized spacial score (nSPS) is 35.3. The van der Waals surface area contributed by atoms with Crippen molar-refractivity contribution in [3.63, 3.8) is 0 Å². The third-order valence-electron chi connectivity index (χ3n) is 7.37. The van der Waals surface area contributed by atoms with Gasteiger partial charge in [-0.05, 0) is 44.2 Å². The van der Waals surface area contributed by atoms with Gasteiger partial charge in [0, 0.05) is 12.2 Å². The van der Waals surface area contributed by atoms with Crippen LogP contribution in [0.2, 0.25) is 0 Å². The number of methoxy groups -OCH3 is 1. The third kappa shape index (κ3) is 3.03. The lowest BCUT2D eigenvalue weighted by Crippen LogP contribution is -2.58. The molecule has 2 amide bonds. The fourth-order valence-corrected chi connectivity index (χ4v) is 5.85. The Morgan fingerprint density at radius 2 is 1.85 bits per heavy atom. The number of hydrogen-bond donors (Lipinski definition) is 1. The molecule has 1 aromatic rings. The number of carbonyl (C=O) groups is 3. The van der Waals surface area contributed by atoms with Gasteiger partial charge in [0.2, 0.25) is 5.91 Å². The average molecular weight is 469 g/mol. The number of aliphatic hydroxyl groups excluding tert-OH is 1. The van der Waals surface area contributed by atoms with Crippen LogP contribution in [0.1, 0.15) is 13.8 Å². The number of likely N-dealkylation sites (tertiary alicyclic amines) is 1. The molecule has 0 saturated carbocycles. The number of hydrogen-bond acceptors (Lipinski definition) is 7. The van der Waals surface area contributed by atoms with Gasteiger partial charge in [-0.25, -0.2) is 0 Å². The van der Waals surface area contributed by atoms with Crippen molar-refractivity contribution in [3.8, 4) is 5.75 Å². The van der Waals surface area contributed by atoms with Gasteiger partial charge >= 0.3 is 5.97 Å². The Morgan fingerprint density at radius 1 is 1.12 bits per heavy atom. The molecule has 5 rings (SSSR count). The van der Waals surface area contributed by atoms with E-state index in [4.69, 9.17) is 14.2 Å². The maximum atomic E-state index is 14.1. The monoisotopic (exact) mass is 468 g/mol. The van der Waals surface area contributed by atoms with E-state index < -0.39 is 47.0 Å². The molecule has 0 aromatic heterocycles. The Labute approximate surface area is 197 Å². The molecule has 4 aliphatic rings. The van der Waals surface area contributed by atoms with Gasteiger partial charge in [0.05, 0.1) is 31.3 Å². The molecular weight excluding hydrogens is 440 g/mol. The summed E-state index contributed by atoms with van der Waals surface area (Å²) >= 11 is 0. The summed E-state index contributed by atoms with van der Waals surface area (Å²) in [7, 11) is 1.57. The highest BCUT2D eigenvalue weighted by Crippen LogP contribution is 2.57. The van der Waals surface area contributed by atoms with E-state index in [0.717, 1.165) is 0 Å². The number of benzene rings is 1. The van der Waals surface area contributed by atoms with Crippen LogP contribution in [0, 0.1) is 11.8 Å². The molecule has 2 saturated heterocycles. The van der Waals surface area contributed by atoms with Gasteiger partial charge in [-0.3, -0.25) is 14.4 Å². The molecular formula is C25H28N2O7. The van der Waals surface area contributed by atoms with Gasteiger partial charge in [0.1, 0.15) is 29.9 Å². The lowest BCUT2D eigenvalue weighted by molar-refractivity contribution is -0.157. The van der Waals surface area contributed by atoms with Crippen molar-refractivity contribution in [2.75, 3.05) is 31.8 Å². The molecule has 1 unspecified atom stereocenters. The number of rotatable bonds is 4. The number of carbonyl (C=O) groups excluding carboxylic acids is 3. The lowest BCUT2D eigenvalue weighted by Gasteiger charge is -2.39. The second kappa shape index (κ2) is 7.95. The fourth-order valence-electron chi connectivity index (χ4n) is 5.85. The quantitative estimate of drug-likeness (QED) is 0.520. The van der Waals surface area contributed by atoms with Gasteiger partial charge in [-0.15, -0.1) is 0 Å². The Morgan fingerprint density at radius 3 is 2.53 bits per heavy atom. The summed E-state index contributed by atoms with van der Waals surface area (Å²) < 4.78 is 17.2. The van der Waals surface area contributed by atoms with E-state index in [1.54, 1.807) is 74.4 Å². The first kappa shape index (κ1) is 22.6. The number of fused-ring (bicyclic) bond motifs is 2. The predicted molar refractivity (Wildman–Crippen MR) is 121 cm³/mol. The topological polar surface area (TPSA) is 106 Å². The first-order chi connectivity index (χ1) is 16.3. The van der Waals surface area contributed by atoms with E-state index >= 15 is 0 Å². The van der Waals surface area contributed by atoms with Crippen molar-refractivity contribution in [2.45, 2.75) is 37.1 Å². The Hall–Kier alpha value is -3.17. The van der Waals surface area contributed by atoms with Crippen molar-refractivity contribution >= 4 is 23.5 Å². The van der Waals surface area contributed by atoms with Crippen LogP contribution in [-0.4, -0.2) is 77.9 Å². The molecule has 34 heavy (non-hydrogen) atoms. The van der Waals surface area contributed by atoms with Crippen LogP contribution in [0.5, 0.6) is 5.75 Å². The van der Waals surface area contributed by atoms with E-state index in [1.165, 1.54) is 4.90 Å². The fraction of sp³-hybridized carbons (Fsp3) is 0.480. The Bertz CT molecular complexity index is 1080. The third-order valence-corrected chi connectivity index (χ3v) is 7.37. The zero-order chi connectivity index (χ0) is 24.3. The predicted octanol–water partition coefficient (Wildman–Crippen LogP) is 1.06. The average Bonchev–Trinajstić information content (AvgIpc) is 3.10. The lowest BCUT2D eigenvalue weighted by atomic mass is 9.75. The zero-order valence-corrected chi connectivity index (χ0v) is 19.3. The molecule has 2 fully saturated rings. The molecule has 0 radical (unpaired) electrons. The van der Waals surface area contributed by atoms with Crippen molar-refractivity contribution < 1.29 is 33.7 Å². The minimum Gasteiger partial charge on any atom is -0.497 e. The highest BCUT2D eigenvalue weighted by molar-refractivity contribution is 6.05. The summed E-state index contributed by atoms with van der Waals surface area (Å²) in [6, 6.07) is 5.36. The van der Waals surface area contributed by atoms with Crippen molar-refractivity contribution in [1.29, 1.82) is 0 Å². The number of ether oxygens (including phenoxy) is 3. The molecule has 1 spiro atoms. The van der Waals surface area contributed by atoms with Crippen molar-refractivity contribution in [1.82, 2.24) is 4.90 Å². The standard InChI is InChI=1S/C25H28N2O7/c1-15(14-28)27-20-22(30)26(16-6-8-17(32-3)9-7-16)12-4-11-25(20)18(21(27)29)19-23(31)33-13-5-10-24(19,2)34-25/h4-11,15,18-20,28H,12-14H2,1-3H3/t15-,18+,19+,20?,24-,25+/m1/s1. The van der Waals surface area contributed by atoms with Crippen LogP contribution in [0.3, 0.4) is 0 Å². The maximum Gasteiger partial charge on any atom is 0.313 e. The van der Waals surface area contributed by atoms with Gasteiger partial charge in [0.15, 0.2) is 0 Å². The molecule has 4 heterocycles. The molecule has 4 aliphatic heterocycles. The van der Waals surface area contributed by atoms with Gasteiger partial charge < -0.3 is 29.1 Å². The highest BCUT2D eigenvalue weighted by atomic mass is 16.6. The Balaban J connectivity index is 1.64. The van der Waals surface area contributed by atoms with Gasteiger partial charge in [0.25, 0.3) is 5.91 Å².